The van der Waals surface area contributed by atoms with Crippen molar-refractivity contribution < 1.29 is 38.6 Å². The number of carbonyl (C=O) groups excluding carboxylic acids is 4. The number of imide groups is 2. The number of carboxylic acids is 1. The zero-order valence-electron chi connectivity index (χ0n) is 21.0. The Morgan fingerprint density at radius 2 is 1.79 bits per heavy atom. The van der Waals surface area contributed by atoms with E-state index in [1.54, 1.807) is 6.08 Å². The molecule has 1 aromatic rings. The number of aliphatic carboxylic acids is 1. The topological polar surface area (TPSA) is 132 Å². The minimum Gasteiger partial charge on any atom is -0.505 e. The van der Waals surface area contributed by atoms with Crippen molar-refractivity contribution >= 4 is 52.8 Å². The lowest BCUT2D eigenvalue weighted by molar-refractivity contribution is -0.141. The number of phenols is 1. The molecule has 39 heavy (non-hydrogen) atoms. The van der Waals surface area contributed by atoms with Crippen molar-refractivity contribution in [1.82, 2.24) is 9.80 Å². The molecule has 9 nitrogen and oxygen atoms in total. The summed E-state index contributed by atoms with van der Waals surface area (Å²) in [7, 11) is 1.27. The number of nitrogens with zero attached hydrogens (tertiary/aromatic N) is 2. The van der Waals surface area contributed by atoms with Gasteiger partial charge in [0.15, 0.2) is 21.3 Å². The molecule has 4 aliphatic rings. The first kappa shape index (κ1) is 27.6. The van der Waals surface area contributed by atoms with Crippen LogP contribution in [-0.2, 0) is 24.0 Å². The van der Waals surface area contributed by atoms with Crippen LogP contribution in [0, 0.1) is 23.6 Å². The zero-order valence-corrected chi connectivity index (χ0v) is 22.5. The molecule has 5 rings (SSSR count). The third-order valence-corrected chi connectivity index (χ3v) is 10.1. The van der Waals surface area contributed by atoms with E-state index in [0.717, 1.165) is 17.0 Å². The van der Waals surface area contributed by atoms with E-state index in [0.29, 0.717) is 24.8 Å². The number of hydrogen-bond acceptors (Lipinski definition) is 6. The van der Waals surface area contributed by atoms with Gasteiger partial charge in [0.1, 0.15) is 0 Å². The predicted octanol–water partition coefficient (Wildman–Crippen LogP) is 3.16. The van der Waals surface area contributed by atoms with Crippen molar-refractivity contribution in [3.63, 3.8) is 0 Å². The van der Waals surface area contributed by atoms with E-state index in [2.05, 4.69) is 0 Å². The van der Waals surface area contributed by atoms with Crippen LogP contribution in [0.15, 0.2) is 29.8 Å². The maximum absolute atomic E-state index is 14.5. The molecule has 6 unspecified atom stereocenters. The largest absolute Gasteiger partial charge is 0.505 e. The quantitative estimate of drug-likeness (QED) is 0.219. The number of amides is 4. The maximum Gasteiger partial charge on any atom is 0.303 e. The molecule has 2 saturated heterocycles. The summed E-state index contributed by atoms with van der Waals surface area (Å²) in [6, 6.07) is 3.57. The van der Waals surface area contributed by atoms with Gasteiger partial charge in [0.2, 0.25) is 11.8 Å². The van der Waals surface area contributed by atoms with Crippen molar-refractivity contribution in [2.24, 2.45) is 17.8 Å². The van der Waals surface area contributed by atoms with Crippen molar-refractivity contribution in [3.8, 4) is 5.75 Å². The Balaban J connectivity index is 1.53. The number of fused-ring (bicyclic) bond motifs is 4. The van der Waals surface area contributed by atoms with Crippen molar-refractivity contribution in [2.45, 2.75) is 54.2 Å². The van der Waals surface area contributed by atoms with Gasteiger partial charge in [-0.05, 0) is 49.3 Å². The van der Waals surface area contributed by atoms with Gasteiger partial charge in [0.25, 0.3) is 11.8 Å². The molecule has 0 bridgehead atoms. The third kappa shape index (κ3) is 3.89. The first-order valence-electron chi connectivity index (χ1n) is 12.8. The van der Waals surface area contributed by atoms with Gasteiger partial charge in [-0.25, -0.2) is 4.39 Å². The highest BCUT2D eigenvalue weighted by Crippen LogP contribution is 2.65. The number of phenolic OH excluding ortho intramolecular Hbond substituents is 1. The molecule has 2 heterocycles. The number of hydrogen-bond donors (Lipinski definition) is 2. The van der Waals surface area contributed by atoms with E-state index in [9.17, 15) is 33.5 Å². The number of alkyl halides is 2. The monoisotopic (exact) mass is 580 g/mol. The predicted molar refractivity (Wildman–Crippen MR) is 136 cm³/mol. The van der Waals surface area contributed by atoms with E-state index in [1.807, 2.05) is 0 Å². The van der Waals surface area contributed by atoms with Crippen LogP contribution in [0.2, 0.25) is 0 Å². The van der Waals surface area contributed by atoms with Gasteiger partial charge in [-0.3, -0.25) is 33.8 Å². The fraction of sp³-hybridized carbons (Fsp3) is 0.519. The van der Waals surface area contributed by atoms with Gasteiger partial charge in [0.05, 0.1) is 11.8 Å². The fourth-order valence-corrected chi connectivity index (χ4v) is 7.85. The summed E-state index contributed by atoms with van der Waals surface area (Å²) in [5.74, 6) is -8.05. The van der Waals surface area contributed by atoms with Crippen LogP contribution in [0.5, 0.6) is 5.75 Å². The minimum atomic E-state index is -2.02. The number of benzene rings is 1. The Morgan fingerprint density at radius 1 is 1.08 bits per heavy atom. The van der Waals surface area contributed by atoms with Crippen LogP contribution in [0.1, 0.15) is 50.0 Å². The Bertz CT molecular complexity index is 1330. The molecule has 1 aromatic carbocycles. The number of carboxylic acid groups (broad SMARTS) is 1. The normalized spacial score (nSPS) is 33.7. The van der Waals surface area contributed by atoms with Gasteiger partial charge < -0.3 is 10.2 Å². The molecule has 0 aromatic heterocycles. The number of unbranched alkanes of at least 4 members (excludes halogenated alkanes) is 2. The third-order valence-electron chi connectivity index (χ3n) is 8.68. The fourth-order valence-electron chi connectivity index (χ4n) is 6.83. The summed E-state index contributed by atoms with van der Waals surface area (Å²) in [4.78, 5) is 62.6. The molecule has 2 N–H and O–H groups in total. The summed E-state index contributed by atoms with van der Waals surface area (Å²) < 4.78 is 14.5. The van der Waals surface area contributed by atoms with E-state index < -0.39 is 68.7 Å². The summed E-state index contributed by atoms with van der Waals surface area (Å²) in [6.07, 6.45) is 3.18. The molecule has 1 saturated carbocycles. The van der Waals surface area contributed by atoms with Crippen LogP contribution in [0.25, 0.3) is 0 Å². The smallest absolute Gasteiger partial charge is 0.303 e. The SMILES string of the molecule is CN1C(=O)C2(Cl)CC3C(=CCC4C(=O)N(CCCCCC(=O)O)C(=O)C43)C(c3ccc(O)c(F)c3)C2(Cl)C1=O. The van der Waals surface area contributed by atoms with Gasteiger partial charge in [-0.2, -0.15) is 0 Å². The second-order valence-corrected chi connectivity index (χ2v) is 12.0. The molecule has 2 aliphatic carbocycles. The Hall–Kier alpha value is -2.98. The molecule has 6 atom stereocenters. The molecule has 0 spiro atoms. The van der Waals surface area contributed by atoms with Gasteiger partial charge in [-0.1, -0.05) is 24.1 Å². The van der Waals surface area contributed by atoms with Gasteiger partial charge in [0, 0.05) is 25.9 Å². The molecule has 0 radical (unpaired) electrons. The molecule has 12 heteroatoms. The number of carbonyl (C=O) groups is 5. The highest BCUT2D eigenvalue weighted by Gasteiger charge is 2.75. The molecule has 4 amide bonds. The van der Waals surface area contributed by atoms with E-state index in [4.69, 9.17) is 28.3 Å². The van der Waals surface area contributed by atoms with Crippen molar-refractivity contribution in [1.29, 1.82) is 0 Å². The van der Waals surface area contributed by atoms with Gasteiger partial charge >= 0.3 is 5.97 Å². The van der Waals surface area contributed by atoms with Crippen LogP contribution >= 0.6 is 23.2 Å². The van der Waals surface area contributed by atoms with Crippen LogP contribution < -0.4 is 0 Å². The number of likely N-dealkylation sites (tertiary alicyclic amines) is 2. The molecule has 208 valence electrons. The van der Waals surface area contributed by atoms with Crippen LogP contribution in [-0.4, -0.2) is 73.0 Å². The zero-order chi connectivity index (χ0) is 28.4. The number of halogens is 3. The molecule has 3 fully saturated rings. The Kier molecular flexibility index (Phi) is 6.78. The first-order valence-corrected chi connectivity index (χ1v) is 13.6. The lowest BCUT2D eigenvalue weighted by atomic mass is 9.56. The van der Waals surface area contributed by atoms with Crippen molar-refractivity contribution in [2.75, 3.05) is 13.6 Å². The number of rotatable bonds is 7. The standard InChI is InChI=1S/C27H27Cl2FN2O7/c1-31-24(38)26(28)12-16-14(21(27(26,29)25(31)39)13-6-9-18(33)17(30)11-13)7-8-15-20(16)23(37)32(22(15)36)10-4-2-3-5-19(34)35/h6-7,9,11,15-16,20-21,33H,2-5,8,10,12H2,1H3,(H,34,35). The van der Waals surface area contributed by atoms with E-state index >= 15 is 0 Å². The maximum atomic E-state index is 14.5. The molecular weight excluding hydrogens is 554 g/mol. The summed E-state index contributed by atoms with van der Waals surface area (Å²) >= 11 is 14.0. The first-order chi connectivity index (χ1) is 18.3. The lowest BCUT2D eigenvalue weighted by Gasteiger charge is -2.50. The number of allylic oxidation sites excluding steroid dienone is 2. The number of aromatic hydroxyl groups is 1. The highest BCUT2D eigenvalue weighted by atomic mass is 35.5. The summed E-state index contributed by atoms with van der Waals surface area (Å²) in [5, 5.41) is 18.6. The summed E-state index contributed by atoms with van der Waals surface area (Å²) in [6.45, 7) is 0.143. The minimum absolute atomic E-state index is 0.000909. The van der Waals surface area contributed by atoms with E-state index in [-0.39, 0.29) is 37.3 Å². The van der Waals surface area contributed by atoms with Crippen LogP contribution in [0.4, 0.5) is 4.39 Å². The average Bonchev–Trinajstić information content (AvgIpc) is 3.20. The highest BCUT2D eigenvalue weighted by molar-refractivity contribution is 6.53. The summed E-state index contributed by atoms with van der Waals surface area (Å²) in [5.41, 5.74) is 0.747. The van der Waals surface area contributed by atoms with Crippen LogP contribution in [0.3, 0.4) is 0 Å². The van der Waals surface area contributed by atoms with Gasteiger partial charge in [-0.15, -0.1) is 23.2 Å². The second kappa shape index (κ2) is 9.59. The lowest BCUT2D eigenvalue weighted by Crippen LogP contribution is -2.60. The Labute approximate surface area is 233 Å². The Morgan fingerprint density at radius 3 is 2.46 bits per heavy atom. The second-order valence-electron chi connectivity index (χ2n) is 10.7. The van der Waals surface area contributed by atoms with Crippen molar-refractivity contribution in [3.05, 3.63) is 41.2 Å². The average molecular weight is 581 g/mol. The molecule has 2 aliphatic heterocycles. The van der Waals surface area contributed by atoms with E-state index in [1.165, 1.54) is 18.0 Å². The molecular formula is C27H27Cl2FN2O7.